The topological polar surface area (TPSA) is 103 Å². The number of aromatic nitrogens is 3. The summed E-state index contributed by atoms with van der Waals surface area (Å²) in [5, 5.41) is 7.87. The molecule has 2 heterocycles. The van der Waals surface area contributed by atoms with Gasteiger partial charge < -0.3 is 10.1 Å². The van der Waals surface area contributed by atoms with Crippen molar-refractivity contribution in [3.63, 3.8) is 0 Å². The molecule has 0 aliphatic heterocycles. The van der Waals surface area contributed by atoms with E-state index in [2.05, 4.69) is 15.4 Å². The zero-order valence-corrected chi connectivity index (χ0v) is 18.0. The van der Waals surface area contributed by atoms with E-state index in [-0.39, 0.29) is 10.8 Å². The molecule has 0 aliphatic carbocycles. The van der Waals surface area contributed by atoms with Gasteiger partial charge in [-0.15, -0.1) is 0 Å². The highest BCUT2D eigenvalue weighted by atomic mass is 32.2. The minimum absolute atomic E-state index is 0.199. The number of carbonyl (C=O) groups is 1. The van der Waals surface area contributed by atoms with Gasteiger partial charge in [0.25, 0.3) is 5.91 Å². The number of nitrogens with zero attached hydrogens (tertiary/aromatic N) is 3. The second kappa shape index (κ2) is 7.84. The fourth-order valence-corrected chi connectivity index (χ4v) is 3.67. The predicted octanol–water partition coefficient (Wildman–Crippen LogP) is 3.72. The van der Waals surface area contributed by atoms with E-state index in [0.717, 1.165) is 17.2 Å². The van der Waals surface area contributed by atoms with Crippen molar-refractivity contribution < 1.29 is 17.9 Å². The third kappa shape index (κ3) is 4.56. The van der Waals surface area contributed by atoms with Gasteiger partial charge in [-0.3, -0.25) is 9.48 Å². The van der Waals surface area contributed by atoms with E-state index in [0.29, 0.717) is 28.4 Å². The SMILES string of the molecule is Cc1ccc(NC(=O)c2cc(Oc3ccc(S(C)(=O)=O)cc3)c3cn(C)nc3c2)nc1. The molecule has 4 rings (SSSR count). The number of rotatable bonds is 5. The average Bonchev–Trinajstić information content (AvgIpc) is 3.10. The number of amides is 1. The molecule has 0 saturated heterocycles. The van der Waals surface area contributed by atoms with Gasteiger partial charge in [0.15, 0.2) is 9.84 Å². The Bertz CT molecular complexity index is 1380. The van der Waals surface area contributed by atoms with Crippen molar-refractivity contribution in [2.24, 2.45) is 7.05 Å². The number of ether oxygens (including phenoxy) is 1. The van der Waals surface area contributed by atoms with E-state index in [1.165, 1.54) is 12.1 Å². The van der Waals surface area contributed by atoms with Crippen molar-refractivity contribution in [3.05, 3.63) is 72.1 Å². The number of benzene rings is 2. The van der Waals surface area contributed by atoms with Gasteiger partial charge in [-0.1, -0.05) is 6.07 Å². The minimum Gasteiger partial charge on any atom is -0.457 e. The van der Waals surface area contributed by atoms with Crippen LogP contribution < -0.4 is 10.1 Å². The van der Waals surface area contributed by atoms with E-state index in [9.17, 15) is 13.2 Å². The van der Waals surface area contributed by atoms with Crippen molar-refractivity contribution in [3.8, 4) is 11.5 Å². The summed E-state index contributed by atoms with van der Waals surface area (Å²) >= 11 is 0. The molecule has 0 unspecified atom stereocenters. The quantitative estimate of drug-likeness (QED) is 0.511. The molecule has 1 N–H and O–H groups in total. The number of hydrogen-bond acceptors (Lipinski definition) is 6. The standard InChI is InChI=1S/C22H20N4O4S/c1-14-4-9-21(23-12-14)24-22(27)15-10-19-18(13-26(2)25-19)20(11-15)30-16-5-7-17(8-6-16)31(3,28)29/h4-13H,1-3H3,(H,23,24,27). The van der Waals surface area contributed by atoms with Crippen molar-refractivity contribution in [2.75, 3.05) is 11.6 Å². The molecule has 2 aromatic heterocycles. The molecule has 1 amide bonds. The second-order valence-electron chi connectivity index (χ2n) is 7.23. The first-order valence-corrected chi connectivity index (χ1v) is 11.3. The fraction of sp³-hybridized carbons (Fsp3) is 0.136. The van der Waals surface area contributed by atoms with Crippen LogP contribution in [0.5, 0.6) is 11.5 Å². The molecule has 0 fully saturated rings. The van der Waals surface area contributed by atoms with Gasteiger partial charge in [-0.05, 0) is 55.0 Å². The lowest BCUT2D eigenvalue weighted by atomic mass is 10.1. The van der Waals surface area contributed by atoms with E-state index in [1.54, 1.807) is 54.5 Å². The van der Waals surface area contributed by atoms with Gasteiger partial charge in [0.2, 0.25) is 0 Å². The molecule has 158 valence electrons. The largest absolute Gasteiger partial charge is 0.457 e. The van der Waals surface area contributed by atoms with E-state index < -0.39 is 9.84 Å². The summed E-state index contributed by atoms with van der Waals surface area (Å²) in [5.74, 6) is 0.965. The number of nitrogens with one attached hydrogen (secondary N) is 1. The molecular formula is C22H20N4O4S. The predicted molar refractivity (Wildman–Crippen MR) is 117 cm³/mol. The lowest BCUT2D eigenvalue weighted by Gasteiger charge is -2.10. The third-order valence-corrected chi connectivity index (χ3v) is 5.72. The average molecular weight is 436 g/mol. The molecule has 4 aromatic rings. The van der Waals surface area contributed by atoms with Crippen molar-refractivity contribution >= 4 is 32.5 Å². The number of fused-ring (bicyclic) bond motifs is 1. The Labute approximate surface area is 179 Å². The number of carbonyl (C=O) groups excluding carboxylic acids is 1. The maximum absolute atomic E-state index is 12.8. The Kier molecular flexibility index (Phi) is 5.20. The highest BCUT2D eigenvalue weighted by Crippen LogP contribution is 2.32. The van der Waals surface area contributed by atoms with Gasteiger partial charge in [-0.2, -0.15) is 5.10 Å². The molecule has 2 aromatic carbocycles. The van der Waals surface area contributed by atoms with Crippen LogP contribution in [0.3, 0.4) is 0 Å². The van der Waals surface area contributed by atoms with Gasteiger partial charge >= 0.3 is 0 Å². The monoisotopic (exact) mass is 436 g/mol. The molecule has 31 heavy (non-hydrogen) atoms. The van der Waals surface area contributed by atoms with Gasteiger partial charge in [0.05, 0.1) is 15.8 Å². The van der Waals surface area contributed by atoms with Crippen LogP contribution in [0.15, 0.2) is 65.8 Å². The van der Waals surface area contributed by atoms with Crippen LogP contribution in [0.1, 0.15) is 15.9 Å². The summed E-state index contributed by atoms with van der Waals surface area (Å²) in [5.41, 5.74) is 1.94. The number of sulfone groups is 1. The molecular weight excluding hydrogens is 416 g/mol. The first-order valence-electron chi connectivity index (χ1n) is 9.38. The summed E-state index contributed by atoms with van der Waals surface area (Å²) in [6.45, 7) is 1.92. The van der Waals surface area contributed by atoms with Crippen LogP contribution >= 0.6 is 0 Å². The van der Waals surface area contributed by atoms with Crippen molar-refractivity contribution in [2.45, 2.75) is 11.8 Å². The Morgan fingerprint density at radius 1 is 1.10 bits per heavy atom. The lowest BCUT2D eigenvalue weighted by Crippen LogP contribution is -2.13. The number of pyridine rings is 1. The van der Waals surface area contributed by atoms with Crippen LogP contribution in [0, 0.1) is 6.92 Å². The minimum atomic E-state index is -3.30. The van der Waals surface area contributed by atoms with E-state index in [4.69, 9.17) is 4.74 Å². The molecule has 0 aliphatic rings. The van der Waals surface area contributed by atoms with Crippen molar-refractivity contribution in [1.29, 1.82) is 0 Å². The summed E-state index contributed by atoms with van der Waals surface area (Å²) in [4.78, 5) is 17.2. The molecule has 0 atom stereocenters. The summed E-state index contributed by atoms with van der Waals surface area (Å²) < 4.78 is 31.0. The Balaban J connectivity index is 1.67. The summed E-state index contributed by atoms with van der Waals surface area (Å²) in [6, 6.07) is 13.0. The molecule has 8 nitrogen and oxygen atoms in total. The zero-order chi connectivity index (χ0) is 22.2. The van der Waals surface area contributed by atoms with E-state index in [1.807, 2.05) is 13.0 Å². The highest BCUT2D eigenvalue weighted by molar-refractivity contribution is 7.90. The number of aryl methyl sites for hydroxylation is 2. The Morgan fingerprint density at radius 3 is 2.48 bits per heavy atom. The van der Waals surface area contributed by atoms with Crippen LogP contribution in [0.4, 0.5) is 5.82 Å². The van der Waals surface area contributed by atoms with Crippen LogP contribution in [-0.2, 0) is 16.9 Å². The van der Waals surface area contributed by atoms with E-state index >= 15 is 0 Å². The normalized spacial score (nSPS) is 11.5. The number of hydrogen-bond donors (Lipinski definition) is 1. The first-order chi connectivity index (χ1) is 14.7. The van der Waals surface area contributed by atoms with Crippen LogP contribution in [0.2, 0.25) is 0 Å². The smallest absolute Gasteiger partial charge is 0.257 e. The fourth-order valence-electron chi connectivity index (χ4n) is 3.04. The summed E-state index contributed by atoms with van der Waals surface area (Å²) in [6.07, 6.45) is 4.61. The second-order valence-corrected chi connectivity index (χ2v) is 9.25. The number of anilines is 1. The van der Waals surface area contributed by atoms with Crippen LogP contribution in [0.25, 0.3) is 10.9 Å². The van der Waals surface area contributed by atoms with Gasteiger partial charge in [0.1, 0.15) is 17.3 Å². The Morgan fingerprint density at radius 2 is 1.84 bits per heavy atom. The summed E-state index contributed by atoms with van der Waals surface area (Å²) in [7, 11) is -1.52. The molecule has 0 spiro atoms. The van der Waals surface area contributed by atoms with Crippen LogP contribution in [-0.4, -0.2) is 35.3 Å². The van der Waals surface area contributed by atoms with Gasteiger partial charge in [-0.25, -0.2) is 13.4 Å². The maximum atomic E-state index is 12.8. The third-order valence-electron chi connectivity index (χ3n) is 4.60. The van der Waals surface area contributed by atoms with Gasteiger partial charge in [0, 0.05) is 31.3 Å². The molecule has 9 heteroatoms. The molecule has 0 saturated carbocycles. The Hall–Kier alpha value is -3.72. The molecule has 0 radical (unpaired) electrons. The van der Waals surface area contributed by atoms with Crippen molar-refractivity contribution in [1.82, 2.24) is 14.8 Å². The highest BCUT2D eigenvalue weighted by Gasteiger charge is 2.15. The lowest BCUT2D eigenvalue weighted by molar-refractivity contribution is 0.102. The molecule has 0 bridgehead atoms. The zero-order valence-electron chi connectivity index (χ0n) is 17.2. The first kappa shape index (κ1) is 20.5. The maximum Gasteiger partial charge on any atom is 0.257 e.